The van der Waals surface area contributed by atoms with Gasteiger partial charge < -0.3 is 14.8 Å². The number of carbonyl (C=O) groups excluding carboxylic acids is 4. The van der Waals surface area contributed by atoms with E-state index < -0.39 is 86.4 Å². The smallest absolute Gasteiger partial charge is 0.424 e. The molecule has 1 N–H and O–H groups in total. The molecular weight excluding hydrogens is 767 g/mol. The Kier molecular flexibility index (Phi) is 11.4. The highest BCUT2D eigenvalue weighted by Crippen LogP contribution is 2.65. The van der Waals surface area contributed by atoms with E-state index in [4.69, 9.17) is 67.5 Å². The van der Waals surface area contributed by atoms with Crippen LogP contribution in [-0.2, 0) is 20.7 Å². The van der Waals surface area contributed by atoms with Crippen molar-refractivity contribution in [2.75, 3.05) is 10.2 Å². The van der Waals surface area contributed by atoms with Gasteiger partial charge in [0.15, 0.2) is 17.4 Å². The first-order valence-corrected chi connectivity index (χ1v) is 16.7. The number of ketones is 1. The Labute approximate surface area is 311 Å². The first-order chi connectivity index (χ1) is 22.9. The number of benzene rings is 3. The van der Waals surface area contributed by atoms with Gasteiger partial charge in [0.2, 0.25) is 5.91 Å². The third-order valence-electron chi connectivity index (χ3n) is 7.14. The second kappa shape index (κ2) is 14.4. The van der Waals surface area contributed by atoms with Crippen molar-refractivity contribution in [1.82, 2.24) is 0 Å². The SMILES string of the molecule is CC(C)(C)OC(=O)N(C(=O)OC(C)(C)C)c1c(F)ccc(CC(=O)c2c(Cl)ccc(NC(=O)C3C(c4ccc(F)c(Cl)c4)C3(Cl)Cl)c2Cl)c1F. The molecule has 3 amide bonds. The molecule has 0 bridgehead atoms. The first-order valence-electron chi connectivity index (χ1n) is 14.8. The van der Waals surface area contributed by atoms with Crippen molar-refractivity contribution >= 4 is 93.3 Å². The monoisotopic (exact) mass is 794 g/mol. The molecule has 3 aromatic rings. The van der Waals surface area contributed by atoms with Crippen LogP contribution < -0.4 is 10.2 Å². The molecule has 0 heterocycles. The molecule has 2 unspecified atom stereocenters. The third kappa shape index (κ3) is 8.62. The number of amides is 3. The van der Waals surface area contributed by atoms with Gasteiger partial charge in [-0.25, -0.2) is 22.8 Å². The maximum absolute atomic E-state index is 16.1. The second-order valence-electron chi connectivity index (χ2n) is 13.3. The number of nitrogens with zero attached hydrogens (tertiary/aromatic N) is 1. The van der Waals surface area contributed by atoms with E-state index in [1.807, 2.05) is 0 Å². The number of imide groups is 1. The summed E-state index contributed by atoms with van der Waals surface area (Å²) in [4.78, 5) is 53.1. The Balaban J connectivity index is 1.64. The van der Waals surface area contributed by atoms with Gasteiger partial charge in [0, 0.05) is 12.3 Å². The lowest BCUT2D eigenvalue weighted by molar-refractivity contribution is -0.117. The molecule has 0 radical (unpaired) electrons. The van der Waals surface area contributed by atoms with Crippen LogP contribution in [0.3, 0.4) is 0 Å². The lowest BCUT2D eigenvalue weighted by Crippen LogP contribution is -2.44. The van der Waals surface area contributed by atoms with Crippen LogP contribution in [0.5, 0.6) is 0 Å². The zero-order valence-electron chi connectivity index (χ0n) is 27.3. The van der Waals surface area contributed by atoms with E-state index in [-0.39, 0.29) is 31.2 Å². The lowest BCUT2D eigenvalue weighted by atomic mass is 10.0. The van der Waals surface area contributed by atoms with Crippen molar-refractivity contribution in [2.24, 2.45) is 5.92 Å². The molecular formula is C34H30Cl5F3N2O6. The summed E-state index contributed by atoms with van der Waals surface area (Å²) in [7, 11) is 0. The van der Waals surface area contributed by atoms with Crippen molar-refractivity contribution in [3.8, 4) is 0 Å². The molecule has 0 aliphatic heterocycles. The topological polar surface area (TPSA) is 102 Å². The number of rotatable bonds is 7. The molecule has 8 nitrogen and oxygen atoms in total. The number of halogens is 8. The maximum atomic E-state index is 16.1. The number of hydrogen-bond acceptors (Lipinski definition) is 6. The molecule has 0 saturated heterocycles. The highest BCUT2D eigenvalue weighted by molar-refractivity contribution is 6.53. The van der Waals surface area contributed by atoms with E-state index >= 15 is 8.78 Å². The van der Waals surface area contributed by atoms with Crippen molar-refractivity contribution in [3.05, 3.63) is 91.7 Å². The molecule has 0 aromatic heterocycles. The van der Waals surface area contributed by atoms with Crippen molar-refractivity contribution in [1.29, 1.82) is 0 Å². The normalized spacial score (nSPS) is 16.8. The summed E-state index contributed by atoms with van der Waals surface area (Å²) in [5.41, 5.74) is -3.91. The molecule has 1 saturated carbocycles. The Morgan fingerprint density at radius 3 is 1.92 bits per heavy atom. The van der Waals surface area contributed by atoms with Crippen LogP contribution in [0.2, 0.25) is 15.1 Å². The van der Waals surface area contributed by atoms with Crippen LogP contribution in [0.15, 0.2) is 42.5 Å². The van der Waals surface area contributed by atoms with Crippen LogP contribution in [0, 0.1) is 23.4 Å². The van der Waals surface area contributed by atoms with Gasteiger partial charge in [-0.05, 0) is 83.0 Å². The molecule has 1 fully saturated rings. The van der Waals surface area contributed by atoms with E-state index in [9.17, 15) is 23.6 Å². The number of anilines is 2. The van der Waals surface area contributed by atoms with E-state index in [1.54, 1.807) is 0 Å². The minimum absolute atomic E-state index is 0.0716. The van der Waals surface area contributed by atoms with E-state index in [0.717, 1.165) is 18.2 Å². The van der Waals surface area contributed by atoms with Crippen LogP contribution in [-0.4, -0.2) is 39.4 Å². The highest BCUT2D eigenvalue weighted by Gasteiger charge is 2.67. The van der Waals surface area contributed by atoms with Gasteiger partial charge in [-0.2, -0.15) is 4.90 Å². The maximum Gasteiger partial charge on any atom is 0.424 e. The fourth-order valence-electron chi connectivity index (χ4n) is 4.95. The Bertz CT molecular complexity index is 1870. The van der Waals surface area contributed by atoms with Gasteiger partial charge in [-0.1, -0.05) is 46.9 Å². The standard InChI is InChI=1S/C34H30Cl5F3N2O6/c1-32(2,3)49-30(47)44(31(48)50-33(4,5)6)28-20(41)11-8-16(27(28)42)14-22(45)23-17(35)9-12-21(26(23)37)43-29(46)25-24(34(25,38)39)15-7-10-19(40)18(36)13-15/h7-13,24-25H,14H2,1-6H3,(H,43,46). The van der Waals surface area contributed by atoms with Gasteiger partial charge in [-0.3, -0.25) is 9.59 Å². The zero-order chi connectivity index (χ0) is 37.7. The number of ether oxygens (including phenoxy) is 2. The van der Waals surface area contributed by atoms with Gasteiger partial charge >= 0.3 is 12.2 Å². The summed E-state index contributed by atoms with van der Waals surface area (Å²) >= 11 is 31.5. The summed E-state index contributed by atoms with van der Waals surface area (Å²) < 4.78 is 53.8. The van der Waals surface area contributed by atoms with Crippen LogP contribution in [0.4, 0.5) is 34.1 Å². The van der Waals surface area contributed by atoms with Gasteiger partial charge in [-0.15, -0.1) is 23.2 Å². The first kappa shape index (κ1) is 39.6. The number of hydrogen-bond donors (Lipinski definition) is 1. The van der Waals surface area contributed by atoms with E-state index in [2.05, 4.69) is 5.32 Å². The number of alkyl halides is 2. The Morgan fingerprint density at radius 2 is 1.38 bits per heavy atom. The third-order valence-corrected chi connectivity index (χ3v) is 9.08. The highest BCUT2D eigenvalue weighted by atomic mass is 35.5. The molecule has 3 aromatic carbocycles. The molecule has 0 spiro atoms. The summed E-state index contributed by atoms with van der Waals surface area (Å²) in [5.74, 6) is -6.78. The summed E-state index contributed by atoms with van der Waals surface area (Å²) in [6.45, 7) is 8.89. The van der Waals surface area contributed by atoms with Crippen molar-refractivity contribution in [3.63, 3.8) is 0 Å². The largest absolute Gasteiger partial charge is 0.443 e. The quantitative estimate of drug-likeness (QED) is 0.189. The Hall–Kier alpha value is -3.22. The minimum Gasteiger partial charge on any atom is -0.443 e. The predicted molar refractivity (Wildman–Crippen MR) is 187 cm³/mol. The number of nitrogens with one attached hydrogen (secondary N) is 1. The lowest BCUT2D eigenvalue weighted by Gasteiger charge is -2.29. The van der Waals surface area contributed by atoms with Crippen molar-refractivity contribution < 1.29 is 41.8 Å². The van der Waals surface area contributed by atoms with Gasteiger partial charge in [0.05, 0.1) is 32.2 Å². The minimum atomic E-state index is -1.58. The van der Waals surface area contributed by atoms with Gasteiger partial charge in [0.1, 0.15) is 27.0 Å². The summed E-state index contributed by atoms with van der Waals surface area (Å²) in [5, 5.41) is 1.88. The summed E-state index contributed by atoms with van der Waals surface area (Å²) in [6, 6.07) is 8.08. The second-order valence-corrected chi connectivity index (χ2v) is 16.0. The van der Waals surface area contributed by atoms with Crippen LogP contribution >= 0.6 is 58.0 Å². The van der Waals surface area contributed by atoms with Crippen LogP contribution in [0.25, 0.3) is 0 Å². The zero-order valence-corrected chi connectivity index (χ0v) is 31.1. The van der Waals surface area contributed by atoms with E-state index in [1.165, 1.54) is 65.8 Å². The van der Waals surface area contributed by atoms with E-state index in [0.29, 0.717) is 5.56 Å². The van der Waals surface area contributed by atoms with Crippen molar-refractivity contribution in [2.45, 2.75) is 69.4 Å². The number of Topliss-reactive ketones (excluding diaryl/α,β-unsaturated/α-hetero) is 1. The predicted octanol–water partition coefficient (Wildman–Crippen LogP) is 10.7. The fraction of sp³-hybridized carbons (Fsp3) is 0.353. The average molecular weight is 797 g/mol. The molecule has 268 valence electrons. The molecule has 50 heavy (non-hydrogen) atoms. The number of carbonyl (C=O) groups is 4. The van der Waals surface area contributed by atoms with Crippen LogP contribution in [0.1, 0.15) is 68.9 Å². The molecule has 2 atom stereocenters. The summed E-state index contributed by atoms with van der Waals surface area (Å²) in [6.07, 6.45) is -3.64. The molecule has 16 heteroatoms. The average Bonchev–Trinajstić information content (AvgIpc) is 3.55. The van der Waals surface area contributed by atoms with Gasteiger partial charge in [0.25, 0.3) is 0 Å². The fourth-order valence-corrected chi connectivity index (χ4v) is 6.59. The molecule has 1 aliphatic rings. The molecule has 1 aliphatic carbocycles. The Morgan fingerprint density at radius 1 is 0.820 bits per heavy atom. The molecule has 4 rings (SSSR count).